The van der Waals surface area contributed by atoms with Crippen molar-refractivity contribution in [3.63, 3.8) is 0 Å². The van der Waals surface area contributed by atoms with E-state index >= 15 is 0 Å². The van der Waals surface area contributed by atoms with Crippen molar-refractivity contribution in [3.8, 4) is 0 Å². The van der Waals surface area contributed by atoms with E-state index < -0.39 is 11.7 Å². The first-order valence-corrected chi connectivity index (χ1v) is 14.1. The van der Waals surface area contributed by atoms with Crippen LogP contribution in [-0.4, -0.2) is 35.1 Å². The Morgan fingerprint density at radius 1 is 0.865 bits per heavy atom. The van der Waals surface area contributed by atoms with Gasteiger partial charge < -0.3 is 10.5 Å². The predicted molar refractivity (Wildman–Crippen MR) is 150 cm³/mol. The van der Waals surface area contributed by atoms with Gasteiger partial charge in [0, 0.05) is 12.0 Å². The molecule has 2 aromatic carbocycles. The molecule has 2 amide bonds. The van der Waals surface area contributed by atoms with Crippen molar-refractivity contribution in [1.82, 2.24) is 4.90 Å². The highest BCUT2D eigenvalue weighted by atomic mass is 16.6. The van der Waals surface area contributed by atoms with Crippen molar-refractivity contribution in [2.24, 2.45) is 17.6 Å². The number of carbonyl (C=O) groups excluding carboxylic acids is 2. The average Bonchev–Trinajstić information content (AvgIpc) is 2.89. The topological polar surface area (TPSA) is 72.6 Å². The number of hydrogen-bond donors (Lipinski definition) is 1. The highest BCUT2D eigenvalue weighted by molar-refractivity contribution is 5.93. The Balaban J connectivity index is 1.77. The summed E-state index contributed by atoms with van der Waals surface area (Å²) in [6.45, 7) is 6.25. The minimum absolute atomic E-state index is 0.0610. The summed E-state index contributed by atoms with van der Waals surface area (Å²) >= 11 is 0. The summed E-state index contributed by atoms with van der Waals surface area (Å²) in [4.78, 5) is 29.0. The molecule has 3 rings (SSSR count). The van der Waals surface area contributed by atoms with E-state index in [0.717, 1.165) is 64.2 Å². The quantitative estimate of drug-likeness (QED) is 0.359. The Labute approximate surface area is 223 Å². The van der Waals surface area contributed by atoms with Gasteiger partial charge in [-0.15, -0.1) is 0 Å². The molecule has 0 aliphatic heterocycles. The molecule has 2 N–H and O–H groups in total. The van der Waals surface area contributed by atoms with E-state index in [-0.39, 0.29) is 17.9 Å². The highest BCUT2D eigenvalue weighted by Crippen LogP contribution is 2.32. The van der Waals surface area contributed by atoms with E-state index in [1.807, 2.05) is 32.9 Å². The van der Waals surface area contributed by atoms with E-state index in [4.69, 9.17) is 10.5 Å². The number of imide groups is 1. The van der Waals surface area contributed by atoms with Crippen LogP contribution in [0.2, 0.25) is 0 Å². The second-order valence-electron chi connectivity index (χ2n) is 11.6. The molecule has 1 fully saturated rings. The fourth-order valence-electron chi connectivity index (χ4n) is 5.35. The summed E-state index contributed by atoms with van der Waals surface area (Å²) in [5.74, 6) is 0.279. The Morgan fingerprint density at radius 2 is 1.35 bits per heavy atom. The van der Waals surface area contributed by atoms with Crippen LogP contribution in [0.3, 0.4) is 0 Å². The van der Waals surface area contributed by atoms with Crippen molar-refractivity contribution < 1.29 is 14.3 Å². The van der Waals surface area contributed by atoms with Crippen LogP contribution in [0.25, 0.3) is 0 Å². The summed E-state index contributed by atoms with van der Waals surface area (Å²) < 4.78 is 5.81. The molecule has 0 heterocycles. The molecule has 0 saturated heterocycles. The Morgan fingerprint density at radius 3 is 1.78 bits per heavy atom. The van der Waals surface area contributed by atoms with Crippen molar-refractivity contribution in [2.75, 3.05) is 6.54 Å². The van der Waals surface area contributed by atoms with Gasteiger partial charge in [-0.25, -0.2) is 9.69 Å². The lowest BCUT2D eigenvalue weighted by Crippen LogP contribution is -2.50. The normalized spacial score (nSPS) is 18.0. The fraction of sp³-hybridized carbons (Fsp3) is 0.562. The molecule has 202 valence electrons. The molecule has 1 aliphatic rings. The number of nitrogens with two attached hydrogens (primary N) is 1. The van der Waals surface area contributed by atoms with Gasteiger partial charge in [0.2, 0.25) is 5.91 Å². The number of amides is 2. The third-order valence-electron chi connectivity index (χ3n) is 7.41. The molecular weight excluding hydrogens is 460 g/mol. The zero-order valence-corrected chi connectivity index (χ0v) is 23.0. The van der Waals surface area contributed by atoms with Crippen LogP contribution in [0.4, 0.5) is 4.79 Å². The SMILES string of the molecule is CC(C)(C)OC(=O)N(C(=O)C1CCC(CN)CC1)C(CCCc1ccccc1)CCCc1ccccc1. The third-order valence-corrected chi connectivity index (χ3v) is 7.41. The summed E-state index contributed by atoms with van der Waals surface area (Å²) in [5, 5.41) is 0. The van der Waals surface area contributed by atoms with Gasteiger partial charge >= 0.3 is 6.09 Å². The molecule has 0 unspecified atom stereocenters. The zero-order valence-electron chi connectivity index (χ0n) is 23.0. The largest absolute Gasteiger partial charge is 0.443 e. The lowest BCUT2D eigenvalue weighted by Gasteiger charge is -2.36. The summed E-state index contributed by atoms with van der Waals surface area (Å²) in [5.41, 5.74) is 7.78. The molecule has 1 aliphatic carbocycles. The molecule has 5 heteroatoms. The third kappa shape index (κ3) is 9.62. The lowest BCUT2D eigenvalue weighted by atomic mass is 9.81. The molecular formula is C32H46N2O3. The van der Waals surface area contributed by atoms with Gasteiger partial charge in [-0.3, -0.25) is 4.79 Å². The van der Waals surface area contributed by atoms with Crippen LogP contribution in [0.1, 0.15) is 83.3 Å². The summed E-state index contributed by atoms with van der Waals surface area (Å²) in [6, 6.07) is 20.6. The van der Waals surface area contributed by atoms with Crippen molar-refractivity contribution in [1.29, 1.82) is 0 Å². The first-order valence-electron chi connectivity index (χ1n) is 14.1. The van der Waals surface area contributed by atoms with Crippen LogP contribution >= 0.6 is 0 Å². The fourth-order valence-corrected chi connectivity index (χ4v) is 5.35. The molecule has 0 radical (unpaired) electrons. The van der Waals surface area contributed by atoms with E-state index in [0.29, 0.717) is 12.5 Å². The van der Waals surface area contributed by atoms with Crippen molar-refractivity contribution >= 4 is 12.0 Å². The second kappa shape index (κ2) is 14.3. The van der Waals surface area contributed by atoms with Crippen LogP contribution in [0, 0.1) is 11.8 Å². The number of ether oxygens (including phenoxy) is 1. The number of benzene rings is 2. The van der Waals surface area contributed by atoms with Gasteiger partial charge in [-0.2, -0.15) is 0 Å². The summed E-state index contributed by atoms with van der Waals surface area (Å²) in [7, 11) is 0. The number of aryl methyl sites for hydroxylation is 2. The van der Waals surface area contributed by atoms with E-state index in [1.165, 1.54) is 16.0 Å². The van der Waals surface area contributed by atoms with Crippen LogP contribution in [-0.2, 0) is 22.4 Å². The maximum Gasteiger partial charge on any atom is 0.417 e. The molecule has 0 bridgehead atoms. The van der Waals surface area contributed by atoms with Gasteiger partial charge in [-0.1, -0.05) is 60.7 Å². The maximum atomic E-state index is 13.9. The standard InChI is InChI=1S/C32H46N2O3/c1-32(2,3)37-31(36)34(30(35)28-22-20-27(24-33)21-23-28)29(18-10-16-25-12-6-4-7-13-25)19-11-17-26-14-8-5-9-15-26/h4-9,12-15,27-29H,10-11,16-24,33H2,1-3H3. The van der Waals surface area contributed by atoms with Gasteiger partial charge in [0.25, 0.3) is 0 Å². The molecule has 37 heavy (non-hydrogen) atoms. The highest BCUT2D eigenvalue weighted by Gasteiger charge is 2.38. The van der Waals surface area contributed by atoms with Crippen molar-refractivity contribution in [3.05, 3.63) is 71.8 Å². The van der Waals surface area contributed by atoms with Crippen LogP contribution in [0.15, 0.2) is 60.7 Å². The molecule has 1 saturated carbocycles. The molecule has 5 nitrogen and oxygen atoms in total. The van der Waals surface area contributed by atoms with Gasteiger partial charge in [0.15, 0.2) is 0 Å². The number of rotatable bonds is 11. The zero-order chi connectivity index (χ0) is 26.7. The average molecular weight is 507 g/mol. The Bertz CT molecular complexity index is 902. The minimum Gasteiger partial charge on any atom is -0.443 e. The van der Waals surface area contributed by atoms with E-state index in [2.05, 4.69) is 48.5 Å². The second-order valence-corrected chi connectivity index (χ2v) is 11.6. The van der Waals surface area contributed by atoms with Gasteiger partial charge in [0.1, 0.15) is 5.60 Å². The van der Waals surface area contributed by atoms with Crippen molar-refractivity contribution in [2.45, 2.75) is 96.6 Å². The first kappa shape index (κ1) is 28.9. The number of hydrogen-bond acceptors (Lipinski definition) is 4. The molecule has 0 atom stereocenters. The number of carbonyl (C=O) groups is 2. The molecule has 0 spiro atoms. The summed E-state index contributed by atoms with van der Waals surface area (Å²) in [6.07, 6.45) is 8.19. The predicted octanol–water partition coefficient (Wildman–Crippen LogP) is 6.93. The van der Waals surface area contributed by atoms with Crippen LogP contribution in [0.5, 0.6) is 0 Å². The monoisotopic (exact) mass is 506 g/mol. The van der Waals surface area contributed by atoms with Gasteiger partial charge in [-0.05, 0) is 109 Å². The first-order chi connectivity index (χ1) is 17.8. The maximum absolute atomic E-state index is 13.9. The number of nitrogens with zero attached hydrogens (tertiary/aromatic N) is 1. The molecule has 0 aromatic heterocycles. The molecule has 2 aromatic rings. The van der Waals surface area contributed by atoms with E-state index in [1.54, 1.807) is 0 Å². The smallest absolute Gasteiger partial charge is 0.417 e. The van der Waals surface area contributed by atoms with Crippen LogP contribution < -0.4 is 5.73 Å². The van der Waals surface area contributed by atoms with Gasteiger partial charge in [0.05, 0.1) is 0 Å². The minimum atomic E-state index is -0.661. The van der Waals surface area contributed by atoms with E-state index in [9.17, 15) is 9.59 Å². The lowest BCUT2D eigenvalue weighted by molar-refractivity contribution is -0.138. The Hall–Kier alpha value is -2.66. The Kier molecular flexibility index (Phi) is 11.2.